The van der Waals surface area contributed by atoms with E-state index in [1.807, 2.05) is 13.0 Å². The van der Waals surface area contributed by atoms with Gasteiger partial charge in [0.2, 0.25) is 0 Å². The maximum Gasteiger partial charge on any atom is 0.251 e. The summed E-state index contributed by atoms with van der Waals surface area (Å²) in [6, 6.07) is 5.26. The van der Waals surface area contributed by atoms with E-state index in [9.17, 15) is 4.79 Å². The Kier molecular flexibility index (Phi) is 3.75. The normalized spacial score (nSPS) is 9.33. The topological polar surface area (TPSA) is 55.1 Å². The van der Waals surface area contributed by atoms with Gasteiger partial charge in [0.25, 0.3) is 5.91 Å². The molecule has 0 aliphatic rings. The molecule has 78 valence electrons. The minimum atomic E-state index is -0.130. The van der Waals surface area contributed by atoms with E-state index in [-0.39, 0.29) is 5.91 Å². The van der Waals surface area contributed by atoms with Crippen LogP contribution in [0, 0.1) is 19.3 Å². The Morgan fingerprint density at radius 3 is 3.00 bits per heavy atom. The second-order valence-corrected chi connectivity index (χ2v) is 3.28. The summed E-state index contributed by atoms with van der Waals surface area (Å²) in [7, 11) is 0. The van der Waals surface area contributed by atoms with E-state index in [4.69, 9.17) is 12.2 Å². The summed E-state index contributed by atoms with van der Waals surface area (Å²) in [6.07, 6.45) is 5.62. The minimum absolute atomic E-state index is 0.130. The van der Waals surface area contributed by atoms with Crippen molar-refractivity contribution in [3.05, 3.63) is 29.3 Å². The highest BCUT2D eigenvalue weighted by Gasteiger charge is 2.07. The first-order chi connectivity index (χ1) is 7.15. The van der Waals surface area contributed by atoms with Crippen LogP contribution >= 0.6 is 0 Å². The molecule has 15 heavy (non-hydrogen) atoms. The molecule has 0 spiro atoms. The van der Waals surface area contributed by atoms with Crippen molar-refractivity contribution >= 4 is 11.6 Å². The molecule has 0 aliphatic heterocycles. The Bertz CT molecular complexity index is 405. The number of hydrogen-bond donors (Lipinski definition) is 2. The molecule has 0 bridgehead atoms. The Morgan fingerprint density at radius 1 is 1.60 bits per heavy atom. The van der Waals surface area contributed by atoms with E-state index in [1.54, 1.807) is 12.1 Å². The van der Waals surface area contributed by atoms with Gasteiger partial charge < -0.3 is 11.1 Å². The van der Waals surface area contributed by atoms with Gasteiger partial charge in [0, 0.05) is 24.2 Å². The van der Waals surface area contributed by atoms with Crippen molar-refractivity contribution in [2.75, 3.05) is 12.3 Å². The zero-order valence-electron chi connectivity index (χ0n) is 8.71. The van der Waals surface area contributed by atoms with Gasteiger partial charge in [0.1, 0.15) is 0 Å². The lowest BCUT2D eigenvalue weighted by Gasteiger charge is -2.07. The molecule has 0 atom stereocenters. The third-order valence-corrected chi connectivity index (χ3v) is 2.06. The highest BCUT2D eigenvalue weighted by Crippen LogP contribution is 2.12. The molecule has 0 saturated heterocycles. The number of nitrogen functional groups attached to an aromatic ring is 1. The van der Waals surface area contributed by atoms with Crippen LogP contribution in [-0.4, -0.2) is 12.5 Å². The lowest BCUT2D eigenvalue weighted by molar-refractivity contribution is 0.0954. The zero-order chi connectivity index (χ0) is 11.3. The van der Waals surface area contributed by atoms with Crippen LogP contribution in [0.5, 0.6) is 0 Å². The Labute approximate surface area is 89.7 Å². The summed E-state index contributed by atoms with van der Waals surface area (Å²) in [4.78, 5) is 11.7. The number of nitrogens with one attached hydrogen (secondary N) is 1. The van der Waals surface area contributed by atoms with Gasteiger partial charge in [-0.05, 0) is 24.6 Å². The summed E-state index contributed by atoms with van der Waals surface area (Å²) in [5.74, 6) is 2.33. The van der Waals surface area contributed by atoms with Gasteiger partial charge in [0.05, 0.1) is 0 Å². The second-order valence-electron chi connectivity index (χ2n) is 3.28. The number of nitrogens with two attached hydrogens (primary N) is 1. The molecule has 1 rings (SSSR count). The van der Waals surface area contributed by atoms with E-state index in [2.05, 4.69) is 11.2 Å². The number of carbonyl (C=O) groups excluding carboxylic acids is 1. The number of carbonyl (C=O) groups is 1. The van der Waals surface area contributed by atoms with Crippen LogP contribution in [0.3, 0.4) is 0 Å². The van der Waals surface area contributed by atoms with E-state index in [1.165, 1.54) is 0 Å². The Balaban J connectivity index is 2.73. The fraction of sp³-hybridized carbons (Fsp3) is 0.250. The lowest BCUT2D eigenvalue weighted by Crippen LogP contribution is -2.25. The van der Waals surface area contributed by atoms with Crippen LogP contribution in [0.2, 0.25) is 0 Å². The summed E-state index contributed by atoms with van der Waals surface area (Å²) in [5.41, 5.74) is 7.70. The monoisotopic (exact) mass is 202 g/mol. The third kappa shape index (κ3) is 3.03. The Hall–Kier alpha value is -1.95. The highest BCUT2D eigenvalue weighted by atomic mass is 16.1. The van der Waals surface area contributed by atoms with Crippen LogP contribution in [0.25, 0.3) is 0 Å². The van der Waals surface area contributed by atoms with Crippen molar-refractivity contribution in [3.63, 3.8) is 0 Å². The molecule has 0 heterocycles. The molecular formula is C12H14N2O. The number of amides is 1. The molecule has 3 heteroatoms. The standard InChI is InChI=1S/C12H14N2O/c1-3-4-7-14-12(15)11-8-10(13)6-5-9(11)2/h1,5-6,8H,4,7,13H2,2H3,(H,14,15). The molecule has 1 aromatic rings. The van der Waals surface area contributed by atoms with Crippen LogP contribution in [-0.2, 0) is 0 Å². The predicted molar refractivity (Wildman–Crippen MR) is 61.4 cm³/mol. The Morgan fingerprint density at radius 2 is 2.33 bits per heavy atom. The first kappa shape index (κ1) is 11.1. The van der Waals surface area contributed by atoms with Crippen LogP contribution in [0.4, 0.5) is 5.69 Å². The van der Waals surface area contributed by atoms with Crippen LogP contribution in [0.15, 0.2) is 18.2 Å². The molecule has 0 saturated carbocycles. The average Bonchev–Trinajstić information content (AvgIpc) is 2.22. The molecule has 0 fully saturated rings. The summed E-state index contributed by atoms with van der Waals surface area (Å²) >= 11 is 0. The van der Waals surface area contributed by atoms with Crippen molar-refractivity contribution in [2.24, 2.45) is 0 Å². The maximum absolute atomic E-state index is 11.7. The molecule has 3 N–H and O–H groups in total. The number of terminal acetylenes is 1. The molecular weight excluding hydrogens is 188 g/mol. The van der Waals surface area contributed by atoms with Gasteiger partial charge in [-0.15, -0.1) is 12.3 Å². The lowest BCUT2D eigenvalue weighted by atomic mass is 10.1. The van der Waals surface area contributed by atoms with Crippen LogP contribution < -0.4 is 11.1 Å². The van der Waals surface area contributed by atoms with Crippen LogP contribution in [0.1, 0.15) is 22.3 Å². The van der Waals surface area contributed by atoms with Crippen molar-refractivity contribution in [1.82, 2.24) is 5.32 Å². The van der Waals surface area contributed by atoms with Crippen molar-refractivity contribution in [3.8, 4) is 12.3 Å². The van der Waals surface area contributed by atoms with E-state index < -0.39 is 0 Å². The minimum Gasteiger partial charge on any atom is -0.399 e. The highest BCUT2D eigenvalue weighted by molar-refractivity contribution is 5.96. The summed E-state index contributed by atoms with van der Waals surface area (Å²) < 4.78 is 0. The van der Waals surface area contributed by atoms with Gasteiger partial charge in [-0.2, -0.15) is 0 Å². The van der Waals surface area contributed by atoms with Crippen molar-refractivity contribution in [2.45, 2.75) is 13.3 Å². The molecule has 1 aromatic carbocycles. The number of aryl methyl sites for hydroxylation is 1. The largest absolute Gasteiger partial charge is 0.399 e. The number of rotatable bonds is 3. The maximum atomic E-state index is 11.7. The number of hydrogen-bond acceptors (Lipinski definition) is 2. The second kappa shape index (κ2) is 5.06. The predicted octanol–water partition coefficient (Wildman–Crippen LogP) is 1.33. The van der Waals surface area contributed by atoms with Gasteiger partial charge >= 0.3 is 0 Å². The van der Waals surface area contributed by atoms with Gasteiger partial charge in [-0.1, -0.05) is 6.07 Å². The number of anilines is 1. The summed E-state index contributed by atoms with van der Waals surface area (Å²) in [5, 5.41) is 2.73. The van der Waals surface area contributed by atoms with Crippen molar-refractivity contribution < 1.29 is 4.79 Å². The van der Waals surface area contributed by atoms with Crippen molar-refractivity contribution in [1.29, 1.82) is 0 Å². The average molecular weight is 202 g/mol. The van der Waals surface area contributed by atoms with E-state index >= 15 is 0 Å². The van der Waals surface area contributed by atoms with Gasteiger partial charge in [-0.25, -0.2) is 0 Å². The van der Waals surface area contributed by atoms with Gasteiger partial charge in [-0.3, -0.25) is 4.79 Å². The number of benzene rings is 1. The fourth-order valence-corrected chi connectivity index (χ4v) is 1.23. The fourth-order valence-electron chi connectivity index (χ4n) is 1.23. The smallest absolute Gasteiger partial charge is 0.251 e. The molecule has 1 amide bonds. The zero-order valence-corrected chi connectivity index (χ0v) is 8.71. The quantitative estimate of drug-likeness (QED) is 0.441. The first-order valence-electron chi connectivity index (χ1n) is 4.73. The third-order valence-electron chi connectivity index (χ3n) is 2.06. The molecule has 0 aromatic heterocycles. The SMILES string of the molecule is C#CCCNC(=O)c1cc(N)ccc1C. The van der Waals surface area contributed by atoms with E-state index in [0.29, 0.717) is 24.2 Å². The van der Waals surface area contributed by atoms with Gasteiger partial charge in [0.15, 0.2) is 0 Å². The first-order valence-corrected chi connectivity index (χ1v) is 4.73. The van der Waals surface area contributed by atoms with E-state index in [0.717, 1.165) is 5.56 Å². The molecule has 3 nitrogen and oxygen atoms in total. The summed E-state index contributed by atoms with van der Waals surface area (Å²) in [6.45, 7) is 2.36. The molecule has 0 radical (unpaired) electrons. The molecule has 0 unspecified atom stereocenters. The molecule has 0 aliphatic carbocycles.